The number of anilines is 1. The number of amides is 2. The van der Waals surface area contributed by atoms with E-state index in [2.05, 4.69) is 5.32 Å². The standard InChI is InChI=1S/C16H17ClN2O2S/c1-21-12-6-7-15(14(17)9-12)18-16(20)19(11-4-5-11)10-13-3-2-8-22-13/h2-3,6-9,11H,4-5,10H2,1H3,(H,18,20). The fourth-order valence-electron chi connectivity index (χ4n) is 2.23. The highest BCUT2D eigenvalue weighted by Crippen LogP contribution is 2.31. The summed E-state index contributed by atoms with van der Waals surface area (Å²) in [5.74, 6) is 0.667. The van der Waals surface area contributed by atoms with Gasteiger partial charge in [-0.1, -0.05) is 17.7 Å². The first-order valence-corrected chi connectivity index (χ1v) is 8.36. The van der Waals surface area contributed by atoms with E-state index in [0.29, 0.717) is 29.0 Å². The van der Waals surface area contributed by atoms with Crippen molar-refractivity contribution in [2.24, 2.45) is 0 Å². The van der Waals surface area contributed by atoms with E-state index in [4.69, 9.17) is 16.3 Å². The van der Waals surface area contributed by atoms with Gasteiger partial charge in [0.15, 0.2) is 0 Å². The predicted octanol–water partition coefficient (Wildman–Crippen LogP) is 4.61. The van der Waals surface area contributed by atoms with Crippen LogP contribution in [0, 0.1) is 0 Å². The minimum absolute atomic E-state index is 0.108. The number of ether oxygens (including phenoxy) is 1. The van der Waals surface area contributed by atoms with Crippen LogP contribution in [0.4, 0.5) is 10.5 Å². The maximum atomic E-state index is 12.6. The van der Waals surface area contributed by atoms with Crippen LogP contribution < -0.4 is 10.1 Å². The van der Waals surface area contributed by atoms with Crippen LogP contribution in [-0.4, -0.2) is 24.1 Å². The molecule has 0 saturated heterocycles. The summed E-state index contributed by atoms with van der Waals surface area (Å²) in [6, 6.07) is 9.51. The van der Waals surface area contributed by atoms with Gasteiger partial charge in [-0.2, -0.15) is 0 Å². The predicted molar refractivity (Wildman–Crippen MR) is 89.9 cm³/mol. The molecule has 1 saturated carbocycles. The van der Waals surface area contributed by atoms with Gasteiger partial charge in [0.25, 0.3) is 0 Å². The lowest BCUT2D eigenvalue weighted by atomic mass is 10.3. The number of carbonyl (C=O) groups is 1. The second-order valence-corrected chi connectivity index (χ2v) is 6.65. The summed E-state index contributed by atoms with van der Waals surface area (Å²) < 4.78 is 5.11. The smallest absolute Gasteiger partial charge is 0.322 e. The average molecular weight is 337 g/mol. The third-order valence-electron chi connectivity index (χ3n) is 3.57. The van der Waals surface area contributed by atoms with Gasteiger partial charge in [-0.15, -0.1) is 11.3 Å². The van der Waals surface area contributed by atoms with Crippen molar-refractivity contribution in [3.8, 4) is 5.75 Å². The van der Waals surface area contributed by atoms with Crippen molar-refractivity contribution in [1.29, 1.82) is 0 Å². The van der Waals surface area contributed by atoms with Crippen molar-refractivity contribution in [2.45, 2.75) is 25.4 Å². The van der Waals surface area contributed by atoms with Crippen LogP contribution >= 0.6 is 22.9 Å². The molecule has 1 aromatic carbocycles. The summed E-state index contributed by atoms with van der Waals surface area (Å²) in [6.45, 7) is 0.641. The summed E-state index contributed by atoms with van der Waals surface area (Å²) in [6.07, 6.45) is 2.13. The normalized spacial score (nSPS) is 13.7. The minimum atomic E-state index is -0.108. The number of thiophene rings is 1. The van der Waals surface area contributed by atoms with Crippen LogP contribution in [0.1, 0.15) is 17.7 Å². The van der Waals surface area contributed by atoms with E-state index < -0.39 is 0 Å². The number of nitrogens with one attached hydrogen (secondary N) is 1. The van der Waals surface area contributed by atoms with E-state index in [1.807, 2.05) is 22.4 Å². The molecule has 0 atom stereocenters. The van der Waals surface area contributed by atoms with Crippen LogP contribution in [0.5, 0.6) is 5.75 Å². The summed E-state index contributed by atoms with van der Waals surface area (Å²) >= 11 is 7.85. The molecule has 2 aromatic rings. The Morgan fingerprint density at radius 3 is 2.86 bits per heavy atom. The average Bonchev–Trinajstić information content (AvgIpc) is 3.22. The minimum Gasteiger partial charge on any atom is -0.497 e. The van der Waals surface area contributed by atoms with Crippen molar-refractivity contribution in [3.05, 3.63) is 45.6 Å². The summed E-state index contributed by atoms with van der Waals surface area (Å²) in [5.41, 5.74) is 0.601. The van der Waals surface area contributed by atoms with Gasteiger partial charge in [0.05, 0.1) is 24.4 Å². The van der Waals surface area contributed by atoms with E-state index in [1.54, 1.807) is 36.6 Å². The topological polar surface area (TPSA) is 41.6 Å². The van der Waals surface area contributed by atoms with Crippen molar-refractivity contribution in [2.75, 3.05) is 12.4 Å². The summed E-state index contributed by atoms with van der Waals surface area (Å²) in [7, 11) is 1.58. The molecule has 116 valence electrons. The Labute approximate surface area is 138 Å². The highest BCUT2D eigenvalue weighted by molar-refractivity contribution is 7.09. The number of urea groups is 1. The molecule has 3 rings (SSSR count). The zero-order valence-corrected chi connectivity index (χ0v) is 13.8. The Morgan fingerprint density at radius 1 is 1.45 bits per heavy atom. The number of methoxy groups -OCH3 is 1. The van der Waals surface area contributed by atoms with Crippen molar-refractivity contribution < 1.29 is 9.53 Å². The fourth-order valence-corrected chi connectivity index (χ4v) is 3.16. The van der Waals surface area contributed by atoms with Crippen molar-refractivity contribution in [3.63, 3.8) is 0 Å². The number of rotatable bonds is 5. The van der Waals surface area contributed by atoms with Crippen molar-refractivity contribution in [1.82, 2.24) is 4.90 Å². The molecule has 0 radical (unpaired) electrons. The zero-order valence-electron chi connectivity index (χ0n) is 12.2. The zero-order chi connectivity index (χ0) is 15.5. The van der Waals surface area contributed by atoms with Gasteiger partial charge in [-0.05, 0) is 36.4 Å². The Hall–Kier alpha value is -1.72. The second kappa shape index (κ2) is 6.58. The lowest BCUT2D eigenvalue weighted by Gasteiger charge is -2.22. The molecule has 4 nitrogen and oxygen atoms in total. The van der Waals surface area contributed by atoms with Crippen LogP contribution in [0.2, 0.25) is 5.02 Å². The monoisotopic (exact) mass is 336 g/mol. The first-order chi connectivity index (χ1) is 10.7. The Balaban J connectivity index is 1.71. The molecule has 0 unspecified atom stereocenters. The van der Waals surface area contributed by atoms with Gasteiger partial charge in [-0.25, -0.2) is 4.79 Å². The SMILES string of the molecule is COc1ccc(NC(=O)N(Cc2cccs2)C2CC2)c(Cl)c1. The maximum absolute atomic E-state index is 12.6. The van der Waals surface area contributed by atoms with Crippen LogP contribution in [-0.2, 0) is 6.54 Å². The fraction of sp³-hybridized carbons (Fsp3) is 0.312. The molecule has 22 heavy (non-hydrogen) atoms. The van der Waals surface area contributed by atoms with Gasteiger partial charge < -0.3 is 15.0 Å². The lowest BCUT2D eigenvalue weighted by molar-refractivity contribution is 0.206. The molecular formula is C16H17ClN2O2S. The summed E-state index contributed by atoms with van der Waals surface area (Å²) in [5, 5.41) is 5.40. The number of hydrogen-bond donors (Lipinski definition) is 1. The number of hydrogen-bond acceptors (Lipinski definition) is 3. The highest BCUT2D eigenvalue weighted by atomic mass is 35.5. The van der Waals surface area contributed by atoms with Gasteiger partial charge in [0, 0.05) is 17.0 Å². The third kappa shape index (κ3) is 3.54. The molecule has 1 aliphatic rings. The number of halogens is 1. The third-order valence-corrected chi connectivity index (χ3v) is 4.75. The number of benzene rings is 1. The molecule has 1 N–H and O–H groups in total. The highest BCUT2D eigenvalue weighted by Gasteiger charge is 2.33. The molecule has 1 heterocycles. The van der Waals surface area contributed by atoms with E-state index in [9.17, 15) is 4.79 Å². The van der Waals surface area contributed by atoms with Gasteiger partial charge in [0.1, 0.15) is 5.75 Å². The van der Waals surface area contributed by atoms with Gasteiger partial charge in [-0.3, -0.25) is 0 Å². The molecule has 6 heteroatoms. The van der Waals surface area contributed by atoms with E-state index in [0.717, 1.165) is 12.8 Å². The quantitative estimate of drug-likeness (QED) is 0.866. The first kappa shape index (κ1) is 15.2. The Bertz CT molecular complexity index is 656. The number of nitrogens with zero attached hydrogens (tertiary/aromatic N) is 1. The molecule has 1 fully saturated rings. The number of carbonyl (C=O) groups excluding carboxylic acids is 1. The molecule has 1 aromatic heterocycles. The summed E-state index contributed by atoms with van der Waals surface area (Å²) in [4.78, 5) is 15.6. The van der Waals surface area contributed by atoms with Crippen LogP contribution in [0.15, 0.2) is 35.7 Å². The maximum Gasteiger partial charge on any atom is 0.322 e. The van der Waals surface area contributed by atoms with Gasteiger partial charge in [0.2, 0.25) is 0 Å². The van der Waals surface area contributed by atoms with Crippen LogP contribution in [0.25, 0.3) is 0 Å². The van der Waals surface area contributed by atoms with E-state index in [-0.39, 0.29) is 6.03 Å². The van der Waals surface area contributed by atoms with E-state index in [1.165, 1.54) is 4.88 Å². The van der Waals surface area contributed by atoms with Crippen molar-refractivity contribution >= 4 is 34.7 Å². The first-order valence-electron chi connectivity index (χ1n) is 7.11. The van der Waals surface area contributed by atoms with Gasteiger partial charge >= 0.3 is 6.03 Å². The van der Waals surface area contributed by atoms with Crippen LogP contribution in [0.3, 0.4) is 0 Å². The molecule has 2 amide bonds. The Morgan fingerprint density at radius 2 is 2.27 bits per heavy atom. The lowest BCUT2D eigenvalue weighted by Crippen LogP contribution is -2.36. The largest absolute Gasteiger partial charge is 0.497 e. The molecule has 0 bridgehead atoms. The van der Waals surface area contributed by atoms with E-state index >= 15 is 0 Å². The molecular weight excluding hydrogens is 320 g/mol. The Kier molecular flexibility index (Phi) is 4.55. The molecule has 0 spiro atoms. The second-order valence-electron chi connectivity index (χ2n) is 5.21. The molecule has 1 aliphatic carbocycles. The molecule has 0 aliphatic heterocycles.